The first kappa shape index (κ1) is 13.1. The van der Waals surface area contributed by atoms with Gasteiger partial charge in [0.05, 0.1) is 12.6 Å². The van der Waals surface area contributed by atoms with Gasteiger partial charge in [-0.1, -0.05) is 0 Å². The maximum Gasteiger partial charge on any atom is 0.289 e. The summed E-state index contributed by atoms with van der Waals surface area (Å²) in [7, 11) is 3.25. The number of methoxy groups -OCH3 is 2. The molecule has 1 atom stereocenters. The van der Waals surface area contributed by atoms with Crippen LogP contribution in [0, 0.1) is 0 Å². The van der Waals surface area contributed by atoms with Gasteiger partial charge in [0.2, 0.25) is 0 Å². The SMILES string of the molecule is COCc1ccc(C(=O)N2CCC[C@@H]2COC)o1. The van der Waals surface area contributed by atoms with Crippen molar-refractivity contribution in [2.45, 2.75) is 25.5 Å². The molecule has 0 unspecified atom stereocenters. The molecule has 18 heavy (non-hydrogen) atoms. The van der Waals surface area contributed by atoms with Crippen molar-refractivity contribution in [1.82, 2.24) is 4.90 Å². The van der Waals surface area contributed by atoms with E-state index in [0.29, 0.717) is 24.7 Å². The number of likely N-dealkylation sites (tertiary alicyclic amines) is 1. The van der Waals surface area contributed by atoms with E-state index in [1.165, 1.54) is 0 Å². The fourth-order valence-electron chi connectivity index (χ4n) is 2.32. The van der Waals surface area contributed by atoms with E-state index < -0.39 is 0 Å². The zero-order chi connectivity index (χ0) is 13.0. The summed E-state index contributed by atoms with van der Waals surface area (Å²) in [6, 6.07) is 3.65. The van der Waals surface area contributed by atoms with Crippen LogP contribution in [0.3, 0.4) is 0 Å². The maximum atomic E-state index is 12.3. The van der Waals surface area contributed by atoms with Gasteiger partial charge in [-0.2, -0.15) is 0 Å². The quantitative estimate of drug-likeness (QED) is 0.801. The molecule has 1 aromatic heterocycles. The third-order valence-corrected chi connectivity index (χ3v) is 3.16. The van der Waals surface area contributed by atoms with E-state index in [0.717, 1.165) is 19.4 Å². The molecule has 0 spiro atoms. The third-order valence-electron chi connectivity index (χ3n) is 3.16. The number of nitrogens with zero attached hydrogens (tertiary/aromatic N) is 1. The minimum absolute atomic E-state index is 0.0584. The number of hydrogen-bond donors (Lipinski definition) is 0. The van der Waals surface area contributed by atoms with Crippen LogP contribution >= 0.6 is 0 Å². The van der Waals surface area contributed by atoms with Gasteiger partial charge in [0, 0.05) is 20.8 Å². The molecule has 0 N–H and O–H groups in total. The Kier molecular flexibility index (Phi) is 4.38. The Bertz CT molecular complexity index is 401. The number of carbonyl (C=O) groups excluding carboxylic acids is 1. The van der Waals surface area contributed by atoms with Crippen LogP contribution in [0.5, 0.6) is 0 Å². The summed E-state index contributed by atoms with van der Waals surface area (Å²) >= 11 is 0. The second-order valence-electron chi connectivity index (χ2n) is 4.45. The summed E-state index contributed by atoms with van der Waals surface area (Å²) in [5.74, 6) is 0.991. The molecule has 0 bridgehead atoms. The zero-order valence-electron chi connectivity index (χ0n) is 10.8. The summed E-state index contributed by atoms with van der Waals surface area (Å²) in [5.41, 5.74) is 0. The van der Waals surface area contributed by atoms with Crippen molar-refractivity contribution in [3.63, 3.8) is 0 Å². The van der Waals surface area contributed by atoms with Gasteiger partial charge in [0.1, 0.15) is 12.4 Å². The number of carbonyl (C=O) groups is 1. The highest BCUT2D eigenvalue weighted by Crippen LogP contribution is 2.21. The Balaban J connectivity index is 2.05. The van der Waals surface area contributed by atoms with E-state index in [-0.39, 0.29) is 11.9 Å². The second-order valence-corrected chi connectivity index (χ2v) is 4.45. The summed E-state index contributed by atoms with van der Waals surface area (Å²) in [6.07, 6.45) is 2.01. The van der Waals surface area contributed by atoms with Crippen LogP contribution < -0.4 is 0 Å². The van der Waals surface area contributed by atoms with Crippen molar-refractivity contribution in [2.24, 2.45) is 0 Å². The van der Waals surface area contributed by atoms with Crippen molar-refractivity contribution in [2.75, 3.05) is 27.4 Å². The molecule has 0 aromatic carbocycles. The monoisotopic (exact) mass is 253 g/mol. The fourth-order valence-corrected chi connectivity index (χ4v) is 2.32. The lowest BCUT2D eigenvalue weighted by Gasteiger charge is -2.22. The van der Waals surface area contributed by atoms with E-state index in [1.54, 1.807) is 26.4 Å². The van der Waals surface area contributed by atoms with Crippen LogP contribution in [-0.2, 0) is 16.1 Å². The Morgan fingerprint density at radius 3 is 3.00 bits per heavy atom. The molecule has 1 aliphatic heterocycles. The van der Waals surface area contributed by atoms with Gasteiger partial charge in [-0.05, 0) is 25.0 Å². The molecule has 1 fully saturated rings. The molecule has 1 aliphatic rings. The van der Waals surface area contributed by atoms with Gasteiger partial charge in [-0.15, -0.1) is 0 Å². The van der Waals surface area contributed by atoms with Crippen LogP contribution in [0.25, 0.3) is 0 Å². The summed E-state index contributed by atoms with van der Waals surface area (Å²) in [5, 5.41) is 0. The normalized spacial score (nSPS) is 19.4. The highest BCUT2D eigenvalue weighted by atomic mass is 16.5. The molecular weight excluding hydrogens is 234 g/mol. The van der Waals surface area contributed by atoms with Gasteiger partial charge in [-0.25, -0.2) is 0 Å². The van der Waals surface area contributed by atoms with E-state index in [1.807, 2.05) is 4.90 Å². The molecule has 100 valence electrons. The summed E-state index contributed by atoms with van der Waals surface area (Å²) in [4.78, 5) is 14.1. The van der Waals surface area contributed by atoms with Crippen LogP contribution in [0.2, 0.25) is 0 Å². The Hall–Kier alpha value is -1.33. The van der Waals surface area contributed by atoms with Gasteiger partial charge in [0.15, 0.2) is 5.76 Å². The molecule has 2 rings (SSSR count). The molecule has 0 radical (unpaired) electrons. The van der Waals surface area contributed by atoms with E-state index in [4.69, 9.17) is 13.9 Å². The highest BCUT2D eigenvalue weighted by Gasteiger charge is 2.30. The van der Waals surface area contributed by atoms with Crippen molar-refractivity contribution in [1.29, 1.82) is 0 Å². The minimum atomic E-state index is -0.0584. The smallest absolute Gasteiger partial charge is 0.289 e. The topological polar surface area (TPSA) is 51.9 Å². The number of rotatable bonds is 5. The average Bonchev–Trinajstić information content (AvgIpc) is 2.98. The number of amides is 1. The average molecular weight is 253 g/mol. The number of furan rings is 1. The lowest BCUT2D eigenvalue weighted by Crippen LogP contribution is -2.37. The van der Waals surface area contributed by atoms with E-state index >= 15 is 0 Å². The minimum Gasteiger partial charge on any atom is -0.453 e. The van der Waals surface area contributed by atoms with Crippen LogP contribution in [0.1, 0.15) is 29.2 Å². The Labute approximate surface area is 107 Å². The van der Waals surface area contributed by atoms with Crippen LogP contribution in [-0.4, -0.2) is 44.2 Å². The first-order valence-corrected chi connectivity index (χ1v) is 6.13. The van der Waals surface area contributed by atoms with Crippen molar-refractivity contribution < 1.29 is 18.7 Å². The predicted molar refractivity (Wildman–Crippen MR) is 65.4 cm³/mol. The van der Waals surface area contributed by atoms with Crippen molar-refractivity contribution in [3.05, 3.63) is 23.7 Å². The standard InChI is InChI=1S/C13H19NO4/c1-16-8-10-4-3-7-14(10)13(15)12-6-5-11(18-12)9-17-2/h5-6,10H,3-4,7-9H2,1-2H3/t10-/m1/s1. The number of ether oxygens (including phenoxy) is 2. The molecule has 2 heterocycles. The first-order valence-electron chi connectivity index (χ1n) is 6.13. The van der Waals surface area contributed by atoms with Gasteiger partial charge in [0.25, 0.3) is 5.91 Å². The van der Waals surface area contributed by atoms with Gasteiger partial charge < -0.3 is 18.8 Å². The highest BCUT2D eigenvalue weighted by molar-refractivity contribution is 5.92. The van der Waals surface area contributed by atoms with E-state index in [9.17, 15) is 4.79 Å². The molecule has 0 aliphatic carbocycles. The number of hydrogen-bond acceptors (Lipinski definition) is 4. The molecule has 1 amide bonds. The molecule has 1 aromatic rings. The lowest BCUT2D eigenvalue weighted by atomic mass is 10.2. The molecule has 1 saturated heterocycles. The fraction of sp³-hybridized carbons (Fsp3) is 0.615. The molecule has 5 heteroatoms. The van der Waals surface area contributed by atoms with E-state index in [2.05, 4.69) is 0 Å². The maximum absolute atomic E-state index is 12.3. The van der Waals surface area contributed by atoms with Gasteiger partial charge in [-0.3, -0.25) is 4.79 Å². The Morgan fingerprint density at radius 2 is 2.28 bits per heavy atom. The zero-order valence-corrected chi connectivity index (χ0v) is 10.8. The van der Waals surface area contributed by atoms with Crippen LogP contribution in [0.4, 0.5) is 0 Å². The van der Waals surface area contributed by atoms with Crippen molar-refractivity contribution in [3.8, 4) is 0 Å². The second kappa shape index (κ2) is 6.02. The predicted octanol–water partition coefficient (Wildman–Crippen LogP) is 1.68. The molecule has 0 saturated carbocycles. The summed E-state index contributed by atoms with van der Waals surface area (Å²) in [6.45, 7) is 1.74. The lowest BCUT2D eigenvalue weighted by molar-refractivity contribution is 0.0594. The van der Waals surface area contributed by atoms with Crippen LogP contribution in [0.15, 0.2) is 16.5 Å². The van der Waals surface area contributed by atoms with Crippen molar-refractivity contribution >= 4 is 5.91 Å². The molecular formula is C13H19NO4. The Morgan fingerprint density at radius 1 is 1.44 bits per heavy atom. The van der Waals surface area contributed by atoms with Gasteiger partial charge >= 0.3 is 0 Å². The first-order chi connectivity index (χ1) is 8.76. The third kappa shape index (κ3) is 2.73. The summed E-state index contributed by atoms with van der Waals surface area (Å²) < 4.78 is 15.6. The molecule has 5 nitrogen and oxygen atoms in total. The largest absolute Gasteiger partial charge is 0.453 e.